The topological polar surface area (TPSA) is 102 Å². The molecule has 0 amide bonds. The summed E-state index contributed by atoms with van der Waals surface area (Å²) in [5, 5.41) is 11.2. The second-order valence-corrected chi connectivity index (χ2v) is 2.98. The third kappa shape index (κ3) is 5.60. The van der Waals surface area contributed by atoms with Crippen LogP contribution in [0.1, 0.15) is 26.2 Å². The summed E-state index contributed by atoms with van der Waals surface area (Å²) in [5.41, 5.74) is 5.18. The lowest BCUT2D eigenvalue weighted by Gasteiger charge is -2.11. The molecule has 0 spiro atoms. The van der Waals surface area contributed by atoms with Gasteiger partial charge in [-0.3, -0.25) is 4.79 Å². The molecule has 3 N–H and O–H groups in total. The highest BCUT2D eigenvalue weighted by atomic mass is 16.5. The monoisotopic (exact) mass is 204 g/mol. The average molecular weight is 204 g/mol. The molecule has 0 aromatic rings. The summed E-state index contributed by atoms with van der Waals surface area (Å²) >= 11 is 0. The zero-order valence-electron chi connectivity index (χ0n) is 8.18. The van der Waals surface area contributed by atoms with E-state index in [1.54, 1.807) is 0 Å². The SMILES string of the molecule is CCCCC(N=O)OC[C@H](N)C(=O)O. The number of carbonyl (C=O) groups is 1. The van der Waals surface area contributed by atoms with Crippen molar-refractivity contribution in [1.82, 2.24) is 0 Å². The summed E-state index contributed by atoms with van der Waals surface area (Å²) in [6.07, 6.45) is 1.48. The van der Waals surface area contributed by atoms with Crippen molar-refractivity contribution in [3.05, 3.63) is 4.91 Å². The lowest BCUT2D eigenvalue weighted by atomic mass is 10.2. The molecule has 14 heavy (non-hydrogen) atoms. The summed E-state index contributed by atoms with van der Waals surface area (Å²) in [6, 6.07) is -1.10. The summed E-state index contributed by atoms with van der Waals surface area (Å²) in [7, 11) is 0. The Hall–Kier alpha value is -1.01. The van der Waals surface area contributed by atoms with E-state index < -0.39 is 18.2 Å². The number of ether oxygens (including phenoxy) is 1. The highest BCUT2D eigenvalue weighted by molar-refractivity contribution is 5.73. The number of nitroso groups, excluding NO2 is 1. The van der Waals surface area contributed by atoms with Crippen LogP contribution in [0.2, 0.25) is 0 Å². The molecule has 2 atom stereocenters. The number of hydrogen-bond acceptors (Lipinski definition) is 5. The predicted molar refractivity (Wildman–Crippen MR) is 50.7 cm³/mol. The summed E-state index contributed by atoms with van der Waals surface area (Å²) in [6.45, 7) is 1.79. The molecule has 82 valence electrons. The van der Waals surface area contributed by atoms with E-state index in [0.717, 1.165) is 12.8 Å². The smallest absolute Gasteiger partial charge is 0.322 e. The van der Waals surface area contributed by atoms with Gasteiger partial charge >= 0.3 is 5.97 Å². The van der Waals surface area contributed by atoms with Crippen LogP contribution in [0.25, 0.3) is 0 Å². The first-order chi connectivity index (χ1) is 6.61. The molecule has 0 saturated carbocycles. The highest BCUT2D eigenvalue weighted by Crippen LogP contribution is 2.06. The fraction of sp³-hybridized carbons (Fsp3) is 0.875. The molecule has 6 heteroatoms. The first kappa shape index (κ1) is 13.0. The minimum atomic E-state index is -1.15. The number of aliphatic carboxylic acids is 1. The zero-order chi connectivity index (χ0) is 11.0. The van der Waals surface area contributed by atoms with E-state index in [-0.39, 0.29) is 6.61 Å². The fourth-order valence-corrected chi connectivity index (χ4v) is 0.831. The van der Waals surface area contributed by atoms with Crippen molar-refractivity contribution < 1.29 is 14.6 Å². The van der Waals surface area contributed by atoms with Gasteiger partial charge in [-0.1, -0.05) is 13.3 Å². The molecule has 1 unspecified atom stereocenters. The second kappa shape index (κ2) is 7.40. The second-order valence-electron chi connectivity index (χ2n) is 2.98. The standard InChI is InChI=1S/C8H16N2O4/c1-2-3-4-7(10-13)14-5-6(9)8(11)12/h6-7H,2-5,9H2,1H3,(H,11,12)/t6-,7?/m0/s1. The molecular formula is C8H16N2O4. The van der Waals surface area contributed by atoms with Crippen LogP contribution in [0, 0.1) is 4.91 Å². The maximum Gasteiger partial charge on any atom is 0.322 e. The summed E-state index contributed by atoms with van der Waals surface area (Å²) < 4.78 is 4.93. The van der Waals surface area contributed by atoms with Crippen molar-refractivity contribution >= 4 is 5.97 Å². The van der Waals surface area contributed by atoms with Crippen LogP contribution in [0.15, 0.2) is 5.18 Å². The third-order valence-electron chi connectivity index (χ3n) is 1.71. The molecule has 0 radical (unpaired) electrons. The van der Waals surface area contributed by atoms with E-state index in [0.29, 0.717) is 6.42 Å². The van der Waals surface area contributed by atoms with Crippen molar-refractivity contribution in [3.8, 4) is 0 Å². The Bertz CT molecular complexity index is 186. The van der Waals surface area contributed by atoms with Gasteiger partial charge in [0.2, 0.25) is 0 Å². The molecule has 0 bridgehead atoms. The maximum atomic E-state index is 10.3. The molecular weight excluding hydrogens is 188 g/mol. The Morgan fingerprint density at radius 1 is 1.64 bits per heavy atom. The minimum Gasteiger partial charge on any atom is -0.480 e. The van der Waals surface area contributed by atoms with E-state index in [1.165, 1.54) is 0 Å². The van der Waals surface area contributed by atoms with E-state index >= 15 is 0 Å². The van der Waals surface area contributed by atoms with Crippen LogP contribution in [0.5, 0.6) is 0 Å². The highest BCUT2D eigenvalue weighted by Gasteiger charge is 2.15. The first-order valence-electron chi connectivity index (χ1n) is 4.54. The molecule has 6 nitrogen and oxygen atoms in total. The van der Waals surface area contributed by atoms with E-state index in [1.807, 2.05) is 6.92 Å². The van der Waals surface area contributed by atoms with E-state index in [2.05, 4.69) is 5.18 Å². The molecule has 0 aromatic carbocycles. The van der Waals surface area contributed by atoms with Gasteiger partial charge in [-0.15, -0.1) is 4.91 Å². The van der Waals surface area contributed by atoms with Gasteiger partial charge in [0.25, 0.3) is 0 Å². The largest absolute Gasteiger partial charge is 0.480 e. The normalized spacial score (nSPS) is 14.7. The molecule has 0 heterocycles. The van der Waals surface area contributed by atoms with Gasteiger partial charge < -0.3 is 15.6 Å². The Morgan fingerprint density at radius 2 is 2.29 bits per heavy atom. The van der Waals surface area contributed by atoms with Gasteiger partial charge in [0, 0.05) is 0 Å². The first-order valence-corrected chi connectivity index (χ1v) is 4.54. The summed E-state index contributed by atoms with van der Waals surface area (Å²) in [4.78, 5) is 20.5. The van der Waals surface area contributed by atoms with Gasteiger partial charge in [0.1, 0.15) is 6.04 Å². The van der Waals surface area contributed by atoms with Gasteiger partial charge in [-0.05, 0) is 18.0 Å². The van der Waals surface area contributed by atoms with Crippen LogP contribution >= 0.6 is 0 Å². The van der Waals surface area contributed by atoms with Crippen LogP contribution in [-0.2, 0) is 9.53 Å². The van der Waals surface area contributed by atoms with Crippen LogP contribution in [0.4, 0.5) is 0 Å². The zero-order valence-corrected chi connectivity index (χ0v) is 8.18. The fourth-order valence-electron chi connectivity index (χ4n) is 0.831. The Morgan fingerprint density at radius 3 is 2.71 bits per heavy atom. The minimum absolute atomic E-state index is 0.185. The van der Waals surface area contributed by atoms with Crippen molar-refractivity contribution in [1.29, 1.82) is 0 Å². The van der Waals surface area contributed by atoms with Crippen LogP contribution in [0.3, 0.4) is 0 Å². The third-order valence-corrected chi connectivity index (χ3v) is 1.71. The number of nitrogens with zero attached hydrogens (tertiary/aromatic N) is 1. The van der Waals surface area contributed by atoms with E-state index in [4.69, 9.17) is 15.6 Å². The van der Waals surface area contributed by atoms with Gasteiger partial charge in [-0.25, -0.2) is 0 Å². The van der Waals surface area contributed by atoms with Crippen molar-refractivity contribution in [2.75, 3.05) is 6.61 Å². The number of unbranched alkanes of at least 4 members (excludes halogenated alkanes) is 1. The predicted octanol–water partition coefficient (Wildman–Crippen LogP) is 0.698. The number of carboxylic acids is 1. The quantitative estimate of drug-likeness (QED) is 0.566. The van der Waals surface area contributed by atoms with Gasteiger partial charge in [0.15, 0.2) is 6.23 Å². The number of rotatable bonds is 8. The van der Waals surface area contributed by atoms with Crippen LogP contribution in [-0.4, -0.2) is 30.0 Å². The van der Waals surface area contributed by atoms with Crippen molar-refractivity contribution in [2.45, 2.75) is 38.5 Å². The summed E-state index contributed by atoms with van der Waals surface area (Å²) in [5.74, 6) is -1.15. The Kier molecular flexibility index (Phi) is 6.87. The number of nitrogens with two attached hydrogens (primary N) is 1. The Balaban J connectivity index is 3.71. The van der Waals surface area contributed by atoms with Gasteiger partial charge in [0.05, 0.1) is 6.61 Å². The molecule has 0 saturated heterocycles. The van der Waals surface area contributed by atoms with Crippen molar-refractivity contribution in [3.63, 3.8) is 0 Å². The number of carboxylic acid groups (broad SMARTS) is 1. The van der Waals surface area contributed by atoms with E-state index in [9.17, 15) is 9.70 Å². The Labute approximate surface area is 82.4 Å². The molecule has 0 aliphatic heterocycles. The lowest BCUT2D eigenvalue weighted by molar-refractivity contribution is -0.140. The van der Waals surface area contributed by atoms with Crippen LogP contribution < -0.4 is 5.73 Å². The molecule has 0 aliphatic rings. The average Bonchev–Trinajstić information content (AvgIpc) is 2.17. The number of hydrogen-bond donors (Lipinski definition) is 2. The van der Waals surface area contributed by atoms with Crippen molar-refractivity contribution in [2.24, 2.45) is 10.9 Å². The lowest BCUT2D eigenvalue weighted by Crippen LogP contribution is -2.36. The molecule has 0 aromatic heterocycles. The molecule has 0 fully saturated rings. The maximum absolute atomic E-state index is 10.3. The van der Waals surface area contributed by atoms with Gasteiger partial charge in [-0.2, -0.15) is 0 Å². The molecule has 0 rings (SSSR count). The molecule has 0 aliphatic carbocycles.